The van der Waals surface area contributed by atoms with E-state index >= 15 is 0 Å². The molecular weight excluding hydrogens is 248 g/mol. The van der Waals surface area contributed by atoms with E-state index in [1.54, 1.807) is 0 Å². The zero-order valence-electron chi connectivity index (χ0n) is 12.8. The molecule has 0 amide bonds. The highest BCUT2D eigenvalue weighted by Crippen LogP contribution is 2.40. The Kier molecular flexibility index (Phi) is 3.78. The van der Waals surface area contributed by atoms with E-state index in [4.69, 9.17) is 4.74 Å². The Morgan fingerprint density at radius 1 is 1.05 bits per heavy atom. The van der Waals surface area contributed by atoms with Gasteiger partial charge in [-0.1, -0.05) is 19.3 Å². The van der Waals surface area contributed by atoms with Crippen molar-refractivity contribution < 1.29 is 4.74 Å². The predicted molar refractivity (Wildman–Crippen MR) is 80.9 cm³/mol. The molecule has 0 aromatic carbocycles. The van der Waals surface area contributed by atoms with E-state index in [1.807, 2.05) is 0 Å². The van der Waals surface area contributed by atoms with Crippen molar-refractivity contribution in [3.63, 3.8) is 0 Å². The summed E-state index contributed by atoms with van der Waals surface area (Å²) in [6.45, 7) is 4.71. The summed E-state index contributed by atoms with van der Waals surface area (Å²) in [6.07, 6.45) is 13.1. The largest absolute Gasteiger partial charge is 0.377 e. The molecule has 1 N–H and O–H groups in total. The van der Waals surface area contributed by atoms with Crippen molar-refractivity contribution in [1.29, 1.82) is 0 Å². The molecule has 0 radical (unpaired) electrons. The molecule has 2 aliphatic carbocycles. The van der Waals surface area contributed by atoms with Gasteiger partial charge >= 0.3 is 0 Å². The van der Waals surface area contributed by atoms with Crippen molar-refractivity contribution in [3.05, 3.63) is 0 Å². The summed E-state index contributed by atoms with van der Waals surface area (Å²) in [5.41, 5.74) is 0.447. The van der Waals surface area contributed by atoms with Crippen LogP contribution in [0.15, 0.2) is 0 Å². The maximum Gasteiger partial charge on any atom is 0.0702 e. The number of rotatable bonds is 3. The summed E-state index contributed by atoms with van der Waals surface area (Å²) in [6, 6.07) is 0.798. The van der Waals surface area contributed by atoms with Gasteiger partial charge in [-0.05, 0) is 44.4 Å². The first-order valence-corrected chi connectivity index (χ1v) is 8.95. The lowest BCUT2D eigenvalue weighted by Gasteiger charge is -2.50. The highest BCUT2D eigenvalue weighted by atomic mass is 16.5. The van der Waals surface area contributed by atoms with Crippen LogP contribution in [0.5, 0.6) is 0 Å². The van der Waals surface area contributed by atoms with Crippen LogP contribution < -0.4 is 5.32 Å². The van der Waals surface area contributed by atoms with E-state index in [0.29, 0.717) is 11.6 Å². The minimum atomic E-state index is 0.447. The predicted octanol–water partition coefficient (Wildman–Crippen LogP) is 2.55. The van der Waals surface area contributed by atoms with Crippen LogP contribution in [0.3, 0.4) is 0 Å². The van der Waals surface area contributed by atoms with Crippen molar-refractivity contribution in [2.45, 2.75) is 75.5 Å². The molecule has 0 aromatic heterocycles. The number of nitrogens with one attached hydrogen (secondary N) is 1. The quantitative estimate of drug-likeness (QED) is 0.858. The molecule has 3 heteroatoms. The van der Waals surface area contributed by atoms with Gasteiger partial charge in [-0.25, -0.2) is 0 Å². The van der Waals surface area contributed by atoms with E-state index in [1.165, 1.54) is 77.4 Å². The molecule has 4 rings (SSSR count). The lowest BCUT2D eigenvalue weighted by atomic mass is 9.79. The first kappa shape index (κ1) is 13.5. The van der Waals surface area contributed by atoms with Crippen molar-refractivity contribution in [3.8, 4) is 0 Å². The van der Waals surface area contributed by atoms with Crippen molar-refractivity contribution in [2.24, 2.45) is 5.92 Å². The first-order chi connectivity index (χ1) is 9.85. The van der Waals surface area contributed by atoms with Crippen LogP contribution in [-0.4, -0.2) is 48.8 Å². The van der Waals surface area contributed by atoms with Crippen LogP contribution in [0.4, 0.5) is 0 Å². The van der Waals surface area contributed by atoms with Gasteiger partial charge in [0.25, 0.3) is 0 Å². The molecule has 0 bridgehead atoms. The Balaban J connectivity index is 1.44. The number of hydrogen-bond acceptors (Lipinski definition) is 3. The lowest BCUT2D eigenvalue weighted by Crippen LogP contribution is -2.66. The molecule has 2 unspecified atom stereocenters. The molecule has 20 heavy (non-hydrogen) atoms. The van der Waals surface area contributed by atoms with Gasteiger partial charge < -0.3 is 10.1 Å². The van der Waals surface area contributed by atoms with Crippen LogP contribution in [-0.2, 0) is 4.74 Å². The van der Waals surface area contributed by atoms with Crippen LogP contribution in [0.25, 0.3) is 0 Å². The molecule has 4 fully saturated rings. The zero-order valence-corrected chi connectivity index (χ0v) is 12.8. The van der Waals surface area contributed by atoms with Gasteiger partial charge in [0, 0.05) is 37.8 Å². The van der Waals surface area contributed by atoms with Crippen LogP contribution in [0.1, 0.15) is 57.8 Å². The van der Waals surface area contributed by atoms with E-state index in [-0.39, 0.29) is 0 Å². The SMILES string of the molecule is C1CCC2(CC1)CN(CC1CCCO1)C(C1CC1)CN2. The summed E-state index contributed by atoms with van der Waals surface area (Å²) >= 11 is 0. The Morgan fingerprint density at radius 3 is 2.60 bits per heavy atom. The minimum absolute atomic E-state index is 0.447. The standard InChI is InChI=1S/C17H30N2O/c1-2-8-17(9-3-1)13-19(12-15-5-4-10-20-15)16(11-18-17)14-6-7-14/h14-16,18H,1-13H2. The van der Waals surface area contributed by atoms with Gasteiger partial charge in [0.2, 0.25) is 0 Å². The second-order valence-electron chi connectivity index (χ2n) is 7.69. The van der Waals surface area contributed by atoms with Crippen LogP contribution in [0, 0.1) is 5.92 Å². The van der Waals surface area contributed by atoms with Crippen molar-refractivity contribution in [1.82, 2.24) is 10.2 Å². The fourth-order valence-electron chi connectivity index (χ4n) is 4.77. The average molecular weight is 278 g/mol. The molecule has 1 spiro atoms. The van der Waals surface area contributed by atoms with E-state index in [2.05, 4.69) is 10.2 Å². The summed E-state index contributed by atoms with van der Waals surface area (Å²) in [4.78, 5) is 2.83. The third-order valence-corrected chi connectivity index (χ3v) is 6.10. The average Bonchev–Trinajstić information content (AvgIpc) is 3.17. The monoisotopic (exact) mass is 278 g/mol. The van der Waals surface area contributed by atoms with E-state index in [0.717, 1.165) is 18.6 Å². The summed E-state index contributed by atoms with van der Waals surface area (Å²) in [5, 5.41) is 3.98. The smallest absolute Gasteiger partial charge is 0.0702 e. The number of piperazine rings is 1. The fraction of sp³-hybridized carbons (Fsp3) is 1.00. The first-order valence-electron chi connectivity index (χ1n) is 8.95. The minimum Gasteiger partial charge on any atom is -0.377 e. The maximum atomic E-state index is 5.92. The fourth-order valence-corrected chi connectivity index (χ4v) is 4.77. The molecular formula is C17H30N2O. The number of nitrogens with zero attached hydrogens (tertiary/aromatic N) is 1. The second-order valence-corrected chi connectivity index (χ2v) is 7.69. The molecule has 2 heterocycles. The molecule has 0 aromatic rings. The molecule has 2 saturated carbocycles. The Hall–Kier alpha value is -0.120. The Labute approximate surface area is 123 Å². The molecule has 2 atom stereocenters. The third-order valence-electron chi connectivity index (χ3n) is 6.10. The van der Waals surface area contributed by atoms with Gasteiger partial charge in [-0.2, -0.15) is 0 Å². The maximum absolute atomic E-state index is 5.92. The van der Waals surface area contributed by atoms with E-state index in [9.17, 15) is 0 Å². The van der Waals surface area contributed by atoms with Crippen LogP contribution >= 0.6 is 0 Å². The normalized spacial score (nSPS) is 38.4. The second kappa shape index (κ2) is 5.58. The third kappa shape index (κ3) is 2.77. The number of ether oxygens (including phenoxy) is 1. The van der Waals surface area contributed by atoms with Crippen molar-refractivity contribution in [2.75, 3.05) is 26.2 Å². The summed E-state index contributed by atoms with van der Waals surface area (Å²) in [7, 11) is 0. The van der Waals surface area contributed by atoms with Crippen molar-refractivity contribution >= 4 is 0 Å². The topological polar surface area (TPSA) is 24.5 Å². The molecule has 3 nitrogen and oxygen atoms in total. The number of hydrogen-bond donors (Lipinski definition) is 1. The molecule has 2 saturated heterocycles. The Morgan fingerprint density at radius 2 is 1.90 bits per heavy atom. The Bertz CT molecular complexity index is 330. The van der Waals surface area contributed by atoms with Gasteiger partial charge in [0.05, 0.1) is 6.10 Å². The van der Waals surface area contributed by atoms with Gasteiger partial charge in [-0.15, -0.1) is 0 Å². The van der Waals surface area contributed by atoms with E-state index < -0.39 is 0 Å². The zero-order chi connectivity index (χ0) is 13.4. The highest BCUT2D eigenvalue weighted by molar-refractivity contribution is 5.03. The van der Waals surface area contributed by atoms with Gasteiger partial charge in [0.1, 0.15) is 0 Å². The highest BCUT2D eigenvalue weighted by Gasteiger charge is 2.45. The van der Waals surface area contributed by atoms with Gasteiger partial charge in [-0.3, -0.25) is 4.90 Å². The molecule has 4 aliphatic rings. The molecule has 2 aliphatic heterocycles. The van der Waals surface area contributed by atoms with Gasteiger partial charge in [0.15, 0.2) is 0 Å². The molecule has 114 valence electrons. The summed E-state index contributed by atoms with van der Waals surface area (Å²) < 4.78 is 5.92. The summed E-state index contributed by atoms with van der Waals surface area (Å²) in [5.74, 6) is 0.977. The van der Waals surface area contributed by atoms with Crippen LogP contribution in [0.2, 0.25) is 0 Å². The lowest BCUT2D eigenvalue weighted by molar-refractivity contribution is 0.00341.